The van der Waals surface area contributed by atoms with E-state index in [1.165, 1.54) is 18.6 Å². The predicted molar refractivity (Wildman–Crippen MR) is 85.9 cm³/mol. The molecular formula is C17H18F3N5O. The molecule has 1 saturated carbocycles. The van der Waals surface area contributed by atoms with Crippen LogP contribution < -0.4 is 5.32 Å². The summed E-state index contributed by atoms with van der Waals surface area (Å²) in [5.41, 5.74) is -0.851. The highest BCUT2D eigenvalue weighted by molar-refractivity contribution is 5.95. The summed E-state index contributed by atoms with van der Waals surface area (Å²) >= 11 is 0. The van der Waals surface area contributed by atoms with Crippen molar-refractivity contribution in [1.82, 2.24) is 25.1 Å². The van der Waals surface area contributed by atoms with Gasteiger partial charge in [0.05, 0.1) is 11.9 Å². The number of nitrogens with one attached hydrogen (secondary N) is 1. The number of carbonyl (C=O) groups excluding carboxylic acids is 1. The van der Waals surface area contributed by atoms with Gasteiger partial charge in [-0.2, -0.15) is 18.3 Å². The average molecular weight is 365 g/mol. The number of halogens is 3. The number of alkyl halides is 3. The summed E-state index contributed by atoms with van der Waals surface area (Å²) in [6.07, 6.45) is 1.61. The maximum atomic E-state index is 13.1. The fourth-order valence-corrected chi connectivity index (χ4v) is 3.68. The maximum absolute atomic E-state index is 13.1. The lowest BCUT2D eigenvalue weighted by molar-refractivity contribution is -0.182. The van der Waals surface area contributed by atoms with Gasteiger partial charge in [0.15, 0.2) is 11.5 Å². The van der Waals surface area contributed by atoms with E-state index in [2.05, 4.69) is 27.3 Å². The summed E-state index contributed by atoms with van der Waals surface area (Å²) in [7, 11) is 0. The zero-order valence-electron chi connectivity index (χ0n) is 14.6. The van der Waals surface area contributed by atoms with Crippen LogP contribution in [0, 0.1) is 5.92 Å². The van der Waals surface area contributed by atoms with E-state index in [-0.39, 0.29) is 11.1 Å². The first kappa shape index (κ1) is 17.0. The molecule has 6 nitrogen and oxygen atoms in total. The molecule has 1 fully saturated rings. The minimum absolute atomic E-state index is 0.0383. The van der Waals surface area contributed by atoms with Crippen molar-refractivity contribution in [2.24, 2.45) is 5.92 Å². The number of carbonyl (C=O) groups is 1. The molecule has 2 heterocycles. The lowest BCUT2D eigenvalue weighted by Gasteiger charge is -2.28. The second-order valence-corrected chi connectivity index (χ2v) is 7.75. The SMILES string of the molecule is CC(C)(NC(=O)c1nn(-c2cnccn2)c2c1C[C@@H]1C[C@]21C)C(F)(F)F. The molecule has 4 rings (SSSR count). The fourth-order valence-electron chi connectivity index (χ4n) is 3.68. The summed E-state index contributed by atoms with van der Waals surface area (Å²) < 4.78 is 40.9. The van der Waals surface area contributed by atoms with E-state index < -0.39 is 17.6 Å². The van der Waals surface area contributed by atoms with Gasteiger partial charge in [-0.3, -0.25) is 9.78 Å². The Balaban J connectivity index is 1.77. The molecule has 1 amide bonds. The van der Waals surface area contributed by atoms with Crippen molar-refractivity contribution >= 4 is 5.91 Å². The first-order valence-electron chi connectivity index (χ1n) is 8.32. The van der Waals surface area contributed by atoms with Crippen molar-refractivity contribution in [3.05, 3.63) is 35.5 Å². The molecule has 2 aromatic heterocycles. The standard InChI is InChI=1S/C17H18F3N5O/c1-15(2,17(18,19)20)23-14(26)12-10-6-9-7-16(9,3)13(10)25(24-12)11-8-21-4-5-22-11/h4-5,8-9H,6-7H2,1-3H3,(H,23,26)/t9-,16+/m1/s1. The summed E-state index contributed by atoms with van der Waals surface area (Å²) in [5.74, 6) is 0.0170. The van der Waals surface area contributed by atoms with Gasteiger partial charge in [-0.05, 0) is 32.6 Å². The normalized spacial score (nSPS) is 24.2. The summed E-state index contributed by atoms with van der Waals surface area (Å²) in [6.45, 7) is 3.95. The molecule has 1 N–H and O–H groups in total. The van der Waals surface area contributed by atoms with Gasteiger partial charge in [-0.1, -0.05) is 6.92 Å². The highest BCUT2D eigenvalue weighted by Gasteiger charge is 2.60. The van der Waals surface area contributed by atoms with E-state index in [1.54, 1.807) is 4.68 Å². The van der Waals surface area contributed by atoms with E-state index in [9.17, 15) is 18.0 Å². The molecule has 2 aliphatic rings. The predicted octanol–water partition coefficient (Wildman–Crippen LogP) is 2.57. The Labute approximate surface area is 147 Å². The molecule has 26 heavy (non-hydrogen) atoms. The zero-order chi connectivity index (χ0) is 18.9. The molecule has 0 unspecified atom stereocenters. The van der Waals surface area contributed by atoms with Crippen LogP contribution in [0.3, 0.4) is 0 Å². The molecule has 0 spiro atoms. The molecule has 2 aromatic rings. The second-order valence-electron chi connectivity index (χ2n) is 7.75. The Bertz CT molecular complexity index is 890. The lowest BCUT2D eigenvalue weighted by Crippen LogP contribution is -2.54. The van der Waals surface area contributed by atoms with Crippen LogP contribution in [0.1, 0.15) is 48.9 Å². The van der Waals surface area contributed by atoms with E-state index in [0.717, 1.165) is 26.0 Å². The van der Waals surface area contributed by atoms with Gasteiger partial charge >= 0.3 is 6.18 Å². The third kappa shape index (κ3) is 2.33. The number of fused-ring (bicyclic) bond motifs is 3. The minimum Gasteiger partial charge on any atom is -0.337 e. The van der Waals surface area contributed by atoms with E-state index in [1.807, 2.05) is 0 Å². The van der Waals surface area contributed by atoms with E-state index in [0.29, 0.717) is 23.7 Å². The largest absolute Gasteiger partial charge is 0.410 e. The van der Waals surface area contributed by atoms with Crippen LogP contribution in [0.5, 0.6) is 0 Å². The number of rotatable bonds is 3. The molecular weight excluding hydrogens is 347 g/mol. The molecule has 9 heteroatoms. The first-order chi connectivity index (χ1) is 12.0. The number of hydrogen-bond donors (Lipinski definition) is 1. The first-order valence-corrected chi connectivity index (χ1v) is 8.32. The van der Waals surface area contributed by atoms with Gasteiger partial charge in [0.1, 0.15) is 5.54 Å². The molecule has 0 aromatic carbocycles. The summed E-state index contributed by atoms with van der Waals surface area (Å²) in [5, 5.41) is 6.40. The summed E-state index contributed by atoms with van der Waals surface area (Å²) in [4.78, 5) is 20.9. The fraction of sp³-hybridized carbons (Fsp3) is 0.529. The monoisotopic (exact) mass is 365 g/mol. The number of nitrogens with zero attached hydrogens (tertiary/aromatic N) is 4. The number of hydrogen-bond acceptors (Lipinski definition) is 4. The lowest BCUT2D eigenvalue weighted by atomic mass is 10.0. The highest BCUT2D eigenvalue weighted by Crippen LogP contribution is 2.62. The van der Waals surface area contributed by atoms with Gasteiger partial charge in [-0.25, -0.2) is 9.67 Å². The van der Waals surface area contributed by atoms with Gasteiger partial charge < -0.3 is 5.32 Å². The topological polar surface area (TPSA) is 72.7 Å². The zero-order valence-corrected chi connectivity index (χ0v) is 14.6. The molecule has 2 aliphatic carbocycles. The van der Waals surface area contributed by atoms with Crippen molar-refractivity contribution in [3.8, 4) is 5.82 Å². The van der Waals surface area contributed by atoms with Crippen LogP contribution in [0.2, 0.25) is 0 Å². The van der Waals surface area contributed by atoms with Crippen molar-refractivity contribution < 1.29 is 18.0 Å². The highest BCUT2D eigenvalue weighted by atomic mass is 19.4. The third-order valence-corrected chi connectivity index (χ3v) is 5.50. The minimum atomic E-state index is -4.56. The Morgan fingerprint density at radius 3 is 2.69 bits per heavy atom. The second kappa shape index (κ2) is 5.05. The van der Waals surface area contributed by atoms with Crippen LogP contribution in [0.25, 0.3) is 5.82 Å². The van der Waals surface area contributed by atoms with Gasteiger partial charge in [0, 0.05) is 23.4 Å². The Morgan fingerprint density at radius 2 is 2.08 bits per heavy atom. The number of amides is 1. The van der Waals surface area contributed by atoms with Crippen LogP contribution in [0.4, 0.5) is 13.2 Å². The maximum Gasteiger partial charge on any atom is 0.410 e. The Morgan fingerprint density at radius 1 is 1.35 bits per heavy atom. The van der Waals surface area contributed by atoms with Gasteiger partial charge in [0.2, 0.25) is 0 Å². The van der Waals surface area contributed by atoms with Gasteiger partial charge in [-0.15, -0.1) is 0 Å². The van der Waals surface area contributed by atoms with Crippen molar-refractivity contribution in [3.63, 3.8) is 0 Å². The summed E-state index contributed by atoms with van der Waals surface area (Å²) in [6, 6.07) is 0. The Hall–Kier alpha value is -2.45. The van der Waals surface area contributed by atoms with Crippen LogP contribution in [-0.2, 0) is 11.8 Å². The van der Waals surface area contributed by atoms with Crippen molar-refractivity contribution in [1.29, 1.82) is 0 Å². The number of aromatic nitrogens is 4. The quantitative estimate of drug-likeness (QED) is 0.907. The van der Waals surface area contributed by atoms with Gasteiger partial charge in [0.25, 0.3) is 5.91 Å². The molecule has 0 radical (unpaired) electrons. The molecule has 0 bridgehead atoms. The molecule has 0 saturated heterocycles. The smallest absolute Gasteiger partial charge is 0.337 e. The van der Waals surface area contributed by atoms with E-state index >= 15 is 0 Å². The van der Waals surface area contributed by atoms with Crippen LogP contribution in [0.15, 0.2) is 18.6 Å². The Kier molecular flexibility index (Phi) is 3.30. The average Bonchev–Trinajstić information content (AvgIpc) is 2.91. The van der Waals surface area contributed by atoms with Crippen LogP contribution in [-0.4, -0.2) is 37.4 Å². The van der Waals surface area contributed by atoms with Crippen molar-refractivity contribution in [2.45, 2.75) is 50.7 Å². The van der Waals surface area contributed by atoms with Crippen molar-refractivity contribution in [2.75, 3.05) is 0 Å². The van der Waals surface area contributed by atoms with E-state index in [4.69, 9.17) is 0 Å². The molecule has 138 valence electrons. The van der Waals surface area contributed by atoms with Crippen LogP contribution >= 0.6 is 0 Å². The third-order valence-electron chi connectivity index (χ3n) is 5.50. The molecule has 2 atom stereocenters. The molecule has 0 aliphatic heterocycles.